The van der Waals surface area contributed by atoms with Gasteiger partial charge in [0.05, 0.1) is 18.8 Å². The van der Waals surface area contributed by atoms with E-state index in [1.54, 1.807) is 6.08 Å². The molecular weight excluding hydrogens is 390 g/mol. The van der Waals surface area contributed by atoms with E-state index in [1.807, 2.05) is 48.9 Å². The van der Waals surface area contributed by atoms with Crippen molar-refractivity contribution in [2.75, 3.05) is 13.2 Å². The summed E-state index contributed by atoms with van der Waals surface area (Å²) < 4.78 is 13.5. The van der Waals surface area contributed by atoms with Gasteiger partial charge < -0.3 is 14.8 Å². The Bertz CT molecular complexity index is 1100. The Hall–Kier alpha value is -3.54. The standard InChI is InChI=1S/C25H27N3O3/c1-17-8-10-20(11-9-17)15-28-19(3)22(18(2)27-28)12-13-25(29)26-14-21-16-30-23-6-4-5-7-24(23)31-21/h4-13,21H,14-16H2,1-3H3,(H,26,29)/b13-12+. The van der Waals surface area contributed by atoms with Crippen molar-refractivity contribution in [3.63, 3.8) is 0 Å². The lowest BCUT2D eigenvalue weighted by Crippen LogP contribution is -2.40. The van der Waals surface area contributed by atoms with Crippen LogP contribution in [-0.2, 0) is 11.3 Å². The zero-order valence-corrected chi connectivity index (χ0v) is 18.1. The molecule has 2 aromatic carbocycles. The molecule has 1 unspecified atom stereocenters. The van der Waals surface area contributed by atoms with Gasteiger partial charge in [0.2, 0.25) is 5.91 Å². The van der Waals surface area contributed by atoms with Gasteiger partial charge in [0.1, 0.15) is 12.7 Å². The number of carbonyl (C=O) groups is 1. The summed E-state index contributed by atoms with van der Waals surface area (Å²) in [5.41, 5.74) is 5.33. The van der Waals surface area contributed by atoms with Crippen molar-refractivity contribution in [1.82, 2.24) is 15.1 Å². The second kappa shape index (κ2) is 9.08. The third-order valence-corrected chi connectivity index (χ3v) is 5.36. The molecule has 0 spiro atoms. The average molecular weight is 418 g/mol. The molecule has 1 aliphatic heterocycles. The van der Waals surface area contributed by atoms with Crippen LogP contribution >= 0.6 is 0 Å². The highest BCUT2D eigenvalue weighted by molar-refractivity contribution is 5.92. The third-order valence-electron chi connectivity index (χ3n) is 5.36. The van der Waals surface area contributed by atoms with Crippen molar-refractivity contribution >= 4 is 12.0 Å². The van der Waals surface area contributed by atoms with Gasteiger partial charge in [-0.2, -0.15) is 5.10 Å². The van der Waals surface area contributed by atoms with Gasteiger partial charge >= 0.3 is 0 Å². The summed E-state index contributed by atoms with van der Waals surface area (Å²) in [6.45, 7) is 7.55. The number of aromatic nitrogens is 2. The Kier molecular flexibility index (Phi) is 6.07. The summed E-state index contributed by atoms with van der Waals surface area (Å²) in [6.07, 6.45) is 3.16. The second-order valence-electron chi connectivity index (χ2n) is 7.80. The maximum atomic E-state index is 12.3. The highest BCUT2D eigenvalue weighted by Crippen LogP contribution is 2.30. The van der Waals surface area contributed by atoms with Crippen LogP contribution in [0.2, 0.25) is 0 Å². The molecule has 4 rings (SSSR count). The molecule has 0 bridgehead atoms. The van der Waals surface area contributed by atoms with Gasteiger partial charge in [0.25, 0.3) is 0 Å². The molecule has 0 saturated heterocycles. The highest BCUT2D eigenvalue weighted by atomic mass is 16.6. The lowest BCUT2D eigenvalue weighted by Gasteiger charge is -2.26. The number of nitrogens with zero attached hydrogens (tertiary/aromatic N) is 2. The average Bonchev–Trinajstić information content (AvgIpc) is 3.04. The van der Waals surface area contributed by atoms with Crippen LogP contribution in [0.3, 0.4) is 0 Å². The molecule has 1 amide bonds. The van der Waals surface area contributed by atoms with Crippen molar-refractivity contribution in [2.45, 2.75) is 33.4 Å². The van der Waals surface area contributed by atoms with E-state index in [2.05, 4.69) is 41.6 Å². The molecule has 1 aliphatic rings. The van der Waals surface area contributed by atoms with Crippen LogP contribution in [-0.4, -0.2) is 34.9 Å². The zero-order valence-electron chi connectivity index (χ0n) is 18.1. The van der Waals surface area contributed by atoms with Crippen molar-refractivity contribution in [3.8, 4) is 11.5 Å². The maximum Gasteiger partial charge on any atom is 0.244 e. The van der Waals surface area contributed by atoms with Crippen LogP contribution in [0.25, 0.3) is 6.08 Å². The van der Waals surface area contributed by atoms with Crippen molar-refractivity contribution in [3.05, 3.63) is 82.7 Å². The number of fused-ring (bicyclic) bond motifs is 1. The first kappa shape index (κ1) is 20.7. The fourth-order valence-electron chi connectivity index (χ4n) is 3.57. The smallest absolute Gasteiger partial charge is 0.244 e. The molecule has 6 heteroatoms. The van der Waals surface area contributed by atoms with E-state index in [1.165, 1.54) is 11.1 Å². The fourth-order valence-corrected chi connectivity index (χ4v) is 3.57. The number of rotatable bonds is 6. The van der Waals surface area contributed by atoms with Crippen molar-refractivity contribution in [2.24, 2.45) is 0 Å². The Morgan fingerprint density at radius 2 is 1.87 bits per heavy atom. The van der Waals surface area contributed by atoms with E-state index in [0.29, 0.717) is 25.4 Å². The van der Waals surface area contributed by atoms with Crippen molar-refractivity contribution in [1.29, 1.82) is 0 Å². The van der Waals surface area contributed by atoms with E-state index in [0.717, 1.165) is 22.7 Å². The molecule has 160 valence electrons. The molecule has 0 saturated carbocycles. The number of nitrogens with one attached hydrogen (secondary N) is 1. The predicted molar refractivity (Wildman–Crippen MR) is 120 cm³/mol. The second-order valence-corrected chi connectivity index (χ2v) is 7.80. The summed E-state index contributed by atoms with van der Waals surface area (Å²) in [6, 6.07) is 16.0. The molecule has 0 aliphatic carbocycles. The van der Waals surface area contributed by atoms with Gasteiger partial charge in [-0.1, -0.05) is 42.0 Å². The predicted octanol–water partition coefficient (Wildman–Crippen LogP) is 3.83. The Morgan fingerprint density at radius 3 is 2.65 bits per heavy atom. The number of aryl methyl sites for hydroxylation is 2. The topological polar surface area (TPSA) is 65.4 Å². The number of hydrogen-bond acceptors (Lipinski definition) is 4. The molecule has 1 aromatic heterocycles. The van der Waals surface area contributed by atoms with E-state index in [4.69, 9.17) is 9.47 Å². The maximum absolute atomic E-state index is 12.3. The largest absolute Gasteiger partial charge is 0.486 e. The molecule has 31 heavy (non-hydrogen) atoms. The minimum absolute atomic E-state index is 0.174. The van der Waals surface area contributed by atoms with Gasteiger partial charge in [-0.15, -0.1) is 0 Å². The molecule has 0 radical (unpaired) electrons. The summed E-state index contributed by atoms with van der Waals surface area (Å²) in [7, 11) is 0. The Balaban J connectivity index is 1.34. The number of ether oxygens (including phenoxy) is 2. The lowest BCUT2D eigenvalue weighted by molar-refractivity contribution is -0.116. The number of carbonyl (C=O) groups excluding carboxylic acids is 1. The fraction of sp³-hybridized carbons (Fsp3) is 0.280. The minimum atomic E-state index is -0.215. The molecule has 1 atom stereocenters. The first-order valence-corrected chi connectivity index (χ1v) is 10.4. The summed E-state index contributed by atoms with van der Waals surface area (Å²) >= 11 is 0. The molecule has 3 aromatic rings. The van der Waals surface area contributed by atoms with Gasteiger partial charge in [-0.05, 0) is 44.5 Å². The van der Waals surface area contributed by atoms with Crippen LogP contribution in [0, 0.1) is 20.8 Å². The normalized spacial score (nSPS) is 15.3. The van der Waals surface area contributed by atoms with Crippen LogP contribution in [0.5, 0.6) is 11.5 Å². The van der Waals surface area contributed by atoms with E-state index < -0.39 is 0 Å². The summed E-state index contributed by atoms with van der Waals surface area (Å²) in [4.78, 5) is 12.3. The summed E-state index contributed by atoms with van der Waals surface area (Å²) in [5, 5.41) is 7.53. The third kappa shape index (κ3) is 4.97. The molecule has 1 N–H and O–H groups in total. The number of hydrogen-bond donors (Lipinski definition) is 1. The minimum Gasteiger partial charge on any atom is -0.486 e. The molecular formula is C25H27N3O3. The van der Waals surface area contributed by atoms with Gasteiger partial charge in [0, 0.05) is 17.3 Å². The molecule has 2 heterocycles. The van der Waals surface area contributed by atoms with E-state index in [9.17, 15) is 4.79 Å². The van der Waals surface area contributed by atoms with Crippen molar-refractivity contribution < 1.29 is 14.3 Å². The van der Waals surface area contributed by atoms with Gasteiger partial charge in [0.15, 0.2) is 11.5 Å². The molecule has 6 nitrogen and oxygen atoms in total. The van der Waals surface area contributed by atoms with Crippen LogP contribution in [0.4, 0.5) is 0 Å². The highest BCUT2D eigenvalue weighted by Gasteiger charge is 2.20. The van der Waals surface area contributed by atoms with Crippen LogP contribution < -0.4 is 14.8 Å². The number of amides is 1. The Labute approximate surface area is 182 Å². The van der Waals surface area contributed by atoms with Gasteiger partial charge in [-0.25, -0.2) is 0 Å². The van der Waals surface area contributed by atoms with Gasteiger partial charge in [-0.3, -0.25) is 9.48 Å². The number of para-hydroxylation sites is 2. The molecule has 0 fully saturated rings. The first-order chi connectivity index (χ1) is 15.0. The first-order valence-electron chi connectivity index (χ1n) is 10.4. The number of benzene rings is 2. The zero-order chi connectivity index (χ0) is 21.8. The SMILES string of the molecule is Cc1ccc(Cn2nc(C)c(/C=C/C(=O)NCC3COc4ccccc4O3)c2C)cc1. The van der Waals surface area contributed by atoms with E-state index in [-0.39, 0.29) is 12.0 Å². The lowest BCUT2D eigenvalue weighted by atomic mass is 10.1. The van der Waals surface area contributed by atoms with E-state index >= 15 is 0 Å². The monoisotopic (exact) mass is 417 g/mol. The van der Waals surface area contributed by atoms with Crippen LogP contribution in [0.15, 0.2) is 54.6 Å². The van der Waals surface area contributed by atoms with Crippen LogP contribution in [0.1, 0.15) is 28.1 Å². The summed E-state index contributed by atoms with van der Waals surface area (Å²) in [5.74, 6) is 1.27. The quantitative estimate of drug-likeness (QED) is 0.619. The Morgan fingerprint density at radius 1 is 1.13 bits per heavy atom.